The van der Waals surface area contributed by atoms with E-state index in [-0.39, 0.29) is 36.1 Å². The van der Waals surface area contributed by atoms with E-state index in [1.807, 2.05) is 4.90 Å². The standard InChI is InChI=1S/C19H23FN4O3/c1-22-12-16(18(26)23(2)19(22)27)24-9-7-15(8-10-24)21-17(25)11-13-3-5-14(20)6-4-13/h3-6,12,15-16H,7-11H2,1-2H3/p+1. The number of nitrogens with zero attached hydrogens (tertiary/aromatic N) is 3. The van der Waals surface area contributed by atoms with Crippen LogP contribution in [0.3, 0.4) is 0 Å². The molecule has 2 aliphatic heterocycles. The second-order valence-corrected chi connectivity index (χ2v) is 7.07. The van der Waals surface area contributed by atoms with Crippen LogP contribution in [-0.2, 0) is 16.0 Å². The Hall–Kier alpha value is -2.61. The minimum absolute atomic E-state index is 0.0463. The number of amides is 4. The number of hydrogen-bond acceptors (Lipinski definition) is 4. The number of halogens is 1. The summed E-state index contributed by atoms with van der Waals surface area (Å²) in [6.45, 7) is 1.31. The Morgan fingerprint density at radius 2 is 1.85 bits per heavy atom. The Balaban J connectivity index is 1.51. The monoisotopic (exact) mass is 375 g/mol. The van der Waals surface area contributed by atoms with Crippen LogP contribution in [0.1, 0.15) is 18.4 Å². The van der Waals surface area contributed by atoms with Crippen LogP contribution >= 0.6 is 0 Å². The Kier molecular flexibility index (Phi) is 5.65. The molecule has 0 aliphatic carbocycles. The number of urea groups is 1. The maximum Gasteiger partial charge on any atom is 0.500 e. The minimum atomic E-state index is -0.450. The zero-order valence-corrected chi connectivity index (χ0v) is 15.5. The van der Waals surface area contributed by atoms with Gasteiger partial charge in [-0.15, -0.1) is 0 Å². The molecule has 4 amide bonds. The van der Waals surface area contributed by atoms with Crippen molar-refractivity contribution < 1.29 is 23.3 Å². The zero-order valence-electron chi connectivity index (χ0n) is 15.5. The summed E-state index contributed by atoms with van der Waals surface area (Å²) in [6, 6.07) is 5.17. The smallest absolute Gasteiger partial charge is 0.353 e. The van der Waals surface area contributed by atoms with E-state index in [4.69, 9.17) is 0 Å². The summed E-state index contributed by atoms with van der Waals surface area (Å²) in [4.78, 5) is 39.6. The lowest BCUT2D eigenvalue weighted by Gasteiger charge is -2.36. The highest BCUT2D eigenvalue weighted by Gasteiger charge is 2.42. The van der Waals surface area contributed by atoms with Crippen LogP contribution in [0.5, 0.6) is 0 Å². The predicted octanol–water partition coefficient (Wildman–Crippen LogP) is 0.623. The molecular weight excluding hydrogens is 351 g/mol. The first-order valence-electron chi connectivity index (χ1n) is 9.02. The fourth-order valence-corrected chi connectivity index (χ4v) is 3.51. The quantitative estimate of drug-likeness (QED) is 0.784. The van der Waals surface area contributed by atoms with Crippen LogP contribution in [0.15, 0.2) is 24.3 Å². The molecule has 1 atom stereocenters. The predicted molar refractivity (Wildman–Crippen MR) is 97.0 cm³/mol. The molecule has 2 heterocycles. The second-order valence-electron chi connectivity index (χ2n) is 7.07. The summed E-state index contributed by atoms with van der Waals surface area (Å²) in [5.74, 6) is -0.638. The molecule has 1 saturated heterocycles. The van der Waals surface area contributed by atoms with Crippen molar-refractivity contribution in [1.82, 2.24) is 15.1 Å². The van der Waals surface area contributed by atoms with E-state index >= 15 is 0 Å². The number of imide groups is 1. The molecule has 1 aromatic carbocycles. The van der Waals surface area contributed by atoms with Crippen molar-refractivity contribution in [3.63, 3.8) is 0 Å². The van der Waals surface area contributed by atoms with Gasteiger partial charge in [0.2, 0.25) is 5.91 Å². The highest BCUT2D eigenvalue weighted by atomic mass is 19.1. The van der Waals surface area contributed by atoms with Gasteiger partial charge in [0.05, 0.1) is 20.5 Å². The molecule has 7 nitrogen and oxygen atoms in total. The fourth-order valence-electron chi connectivity index (χ4n) is 3.51. The minimum Gasteiger partial charge on any atom is -0.353 e. The van der Waals surface area contributed by atoms with Gasteiger partial charge < -0.3 is 5.32 Å². The average molecular weight is 375 g/mol. The van der Waals surface area contributed by atoms with E-state index in [0.29, 0.717) is 13.1 Å². The number of piperidine rings is 1. The van der Waals surface area contributed by atoms with Crippen LogP contribution in [0.2, 0.25) is 0 Å². The van der Waals surface area contributed by atoms with E-state index in [9.17, 15) is 18.8 Å². The van der Waals surface area contributed by atoms with Gasteiger partial charge in [-0.1, -0.05) is 12.1 Å². The van der Waals surface area contributed by atoms with Gasteiger partial charge in [0.1, 0.15) is 12.0 Å². The van der Waals surface area contributed by atoms with Crippen molar-refractivity contribution in [2.24, 2.45) is 0 Å². The van der Waals surface area contributed by atoms with Crippen LogP contribution in [0, 0.1) is 5.82 Å². The van der Waals surface area contributed by atoms with Gasteiger partial charge in [0.15, 0.2) is 6.04 Å². The van der Waals surface area contributed by atoms with Crippen molar-refractivity contribution in [3.05, 3.63) is 35.6 Å². The van der Waals surface area contributed by atoms with Gasteiger partial charge in [-0.05, 0) is 30.5 Å². The molecule has 0 saturated carbocycles. The SMILES string of the molecule is CN1C(=O)C(N2CCC(NC(=O)Cc3ccc(F)cc3)CC2)C=[N+](C)C1=O. The number of likely N-dealkylation sites (N-methyl/N-ethyl adjacent to an activating group) is 1. The largest absolute Gasteiger partial charge is 0.500 e. The highest BCUT2D eigenvalue weighted by Crippen LogP contribution is 2.16. The Morgan fingerprint density at radius 1 is 1.22 bits per heavy atom. The summed E-state index contributed by atoms with van der Waals surface area (Å²) >= 11 is 0. The Labute approximate surface area is 157 Å². The summed E-state index contributed by atoms with van der Waals surface area (Å²) < 4.78 is 14.4. The second kappa shape index (κ2) is 7.96. The molecule has 144 valence electrons. The molecule has 1 aromatic rings. The van der Waals surface area contributed by atoms with Gasteiger partial charge in [0, 0.05) is 19.1 Å². The number of carbonyl (C=O) groups is 3. The average Bonchev–Trinajstić information content (AvgIpc) is 2.65. The molecule has 27 heavy (non-hydrogen) atoms. The topological polar surface area (TPSA) is 72.7 Å². The number of rotatable bonds is 4. The van der Waals surface area contributed by atoms with E-state index in [1.54, 1.807) is 25.4 Å². The summed E-state index contributed by atoms with van der Waals surface area (Å²) in [7, 11) is 3.13. The molecule has 0 spiro atoms. The molecule has 1 unspecified atom stereocenters. The van der Waals surface area contributed by atoms with Crippen LogP contribution in [0.25, 0.3) is 0 Å². The molecule has 1 N–H and O–H groups in total. The summed E-state index contributed by atoms with van der Waals surface area (Å²) in [5, 5.41) is 3.01. The van der Waals surface area contributed by atoms with Crippen molar-refractivity contribution in [2.75, 3.05) is 27.2 Å². The van der Waals surface area contributed by atoms with Crippen LogP contribution in [-0.4, -0.2) is 77.7 Å². The van der Waals surface area contributed by atoms with Crippen molar-refractivity contribution >= 4 is 24.1 Å². The number of nitrogens with one attached hydrogen (secondary N) is 1. The molecule has 0 radical (unpaired) electrons. The van der Waals surface area contributed by atoms with E-state index in [1.165, 1.54) is 23.8 Å². The third kappa shape index (κ3) is 4.39. The third-order valence-corrected chi connectivity index (χ3v) is 5.10. The zero-order chi connectivity index (χ0) is 19.6. The van der Waals surface area contributed by atoms with E-state index < -0.39 is 6.04 Å². The number of benzene rings is 1. The number of carbonyl (C=O) groups excluding carboxylic acids is 3. The Morgan fingerprint density at radius 3 is 2.48 bits per heavy atom. The molecular formula is C19H24FN4O3+. The first-order valence-corrected chi connectivity index (χ1v) is 9.02. The first kappa shape index (κ1) is 19.2. The molecule has 8 heteroatoms. The summed E-state index contributed by atoms with van der Waals surface area (Å²) in [5.41, 5.74) is 0.768. The van der Waals surface area contributed by atoms with Gasteiger partial charge in [-0.3, -0.25) is 9.69 Å². The van der Waals surface area contributed by atoms with Crippen molar-refractivity contribution in [3.8, 4) is 0 Å². The Bertz CT molecular complexity index is 770. The van der Waals surface area contributed by atoms with E-state index in [0.717, 1.165) is 23.3 Å². The molecule has 0 aromatic heterocycles. The normalized spacial score (nSPS) is 22.0. The van der Waals surface area contributed by atoms with Gasteiger partial charge >= 0.3 is 11.9 Å². The molecule has 1 fully saturated rings. The van der Waals surface area contributed by atoms with Crippen LogP contribution < -0.4 is 5.32 Å². The lowest BCUT2D eigenvalue weighted by atomic mass is 10.0. The molecule has 3 rings (SSSR count). The molecule has 0 bridgehead atoms. The van der Waals surface area contributed by atoms with Crippen LogP contribution in [0.4, 0.5) is 9.18 Å². The van der Waals surface area contributed by atoms with Gasteiger partial charge in [-0.2, -0.15) is 9.69 Å². The lowest BCUT2D eigenvalue weighted by molar-refractivity contribution is -0.401. The van der Waals surface area contributed by atoms with Crippen molar-refractivity contribution in [1.29, 1.82) is 0 Å². The summed E-state index contributed by atoms with van der Waals surface area (Å²) in [6.07, 6.45) is 3.33. The van der Waals surface area contributed by atoms with E-state index in [2.05, 4.69) is 5.32 Å². The van der Waals surface area contributed by atoms with Gasteiger partial charge in [0.25, 0.3) is 0 Å². The third-order valence-electron chi connectivity index (χ3n) is 5.10. The highest BCUT2D eigenvalue weighted by molar-refractivity contribution is 6.06. The number of hydrogen-bond donors (Lipinski definition) is 1. The van der Waals surface area contributed by atoms with Gasteiger partial charge in [-0.25, -0.2) is 13.8 Å². The van der Waals surface area contributed by atoms with Crippen molar-refractivity contribution in [2.45, 2.75) is 31.3 Å². The number of likely N-dealkylation sites (tertiary alicyclic amines) is 1. The first-order chi connectivity index (χ1) is 12.8. The molecule has 2 aliphatic rings. The lowest BCUT2D eigenvalue weighted by Crippen LogP contribution is -2.59. The maximum atomic E-state index is 12.9. The fraction of sp³-hybridized carbons (Fsp3) is 0.474. The maximum absolute atomic E-state index is 12.9.